The van der Waals surface area contributed by atoms with E-state index in [0.29, 0.717) is 41.1 Å². The Hall–Kier alpha value is -3.69. The van der Waals surface area contributed by atoms with Gasteiger partial charge in [0.1, 0.15) is 17.7 Å². The topological polar surface area (TPSA) is 68.8 Å². The average molecular weight is 426 g/mol. The Kier molecular flexibility index (Phi) is 4.31. The van der Waals surface area contributed by atoms with Gasteiger partial charge in [0.15, 0.2) is 17.5 Å². The van der Waals surface area contributed by atoms with Crippen molar-refractivity contribution in [2.24, 2.45) is 14.1 Å². The smallest absolute Gasteiger partial charge is 0.273 e. The number of nitrogens with zero attached hydrogens (tertiary/aromatic N) is 6. The summed E-state index contributed by atoms with van der Waals surface area (Å²) in [4.78, 5) is 23.2. The van der Waals surface area contributed by atoms with Crippen LogP contribution in [-0.2, 0) is 27.1 Å². The van der Waals surface area contributed by atoms with Crippen molar-refractivity contribution in [1.82, 2.24) is 29.2 Å². The third kappa shape index (κ3) is 2.97. The highest BCUT2D eigenvalue weighted by Gasteiger charge is 2.29. The number of carbonyl (C=O) groups excluding carboxylic acids is 1. The van der Waals surface area contributed by atoms with Crippen molar-refractivity contribution in [3.05, 3.63) is 65.1 Å². The van der Waals surface area contributed by atoms with Gasteiger partial charge in [-0.1, -0.05) is 0 Å². The minimum absolute atomic E-state index is 0.203. The third-order valence-corrected chi connectivity index (χ3v) is 5.61. The summed E-state index contributed by atoms with van der Waals surface area (Å²) in [5, 5.41) is 5.12. The van der Waals surface area contributed by atoms with Crippen LogP contribution in [0.5, 0.6) is 0 Å². The second-order valence-corrected chi connectivity index (χ2v) is 7.51. The second-order valence-electron chi connectivity index (χ2n) is 7.51. The molecule has 0 spiro atoms. The highest BCUT2D eigenvalue weighted by Crippen LogP contribution is 2.32. The Balaban J connectivity index is 1.49. The molecule has 31 heavy (non-hydrogen) atoms. The lowest BCUT2D eigenvalue weighted by molar-refractivity contribution is 0.0728. The SMILES string of the molecule is Cn1nc2c(c1-c1cc(F)c(F)c(F)c1)CCN(C(=O)c1ncnc3c1ccn3C)C2. The van der Waals surface area contributed by atoms with Gasteiger partial charge in [0.05, 0.1) is 23.3 Å². The van der Waals surface area contributed by atoms with E-state index in [1.165, 1.54) is 11.0 Å². The monoisotopic (exact) mass is 426 g/mol. The number of hydrogen-bond donors (Lipinski definition) is 0. The fourth-order valence-corrected chi connectivity index (χ4v) is 4.14. The summed E-state index contributed by atoms with van der Waals surface area (Å²) in [6.07, 6.45) is 3.62. The first-order chi connectivity index (χ1) is 14.8. The zero-order chi connectivity index (χ0) is 21.9. The predicted octanol–water partition coefficient (Wildman–Crippen LogP) is 2.98. The van der Waals surface area contributed by atoms with E-state index in [2.05, 4.69) is 15.1 Å². The van der Waals surface area contributed by atoms with Gasteiger partial charge in [0, 0.05) is 38.0 Å². The van der Waals surface area contributed by atoms with Crippen molar-refractivity contribution < 1.29 is 18.0 Å². The Morgan fingerprint density at radius 1 is 1.10 bits per heavy atom. The Bertz CT molecular complexity index is 1340. The average Bonchev–Trinajstić information content (AvgIpc) is 3.29. The Morgan fingerprint density at radius 2 is 1.84 bits per heavy atom. The Morgan fingerprint density at radius 3 is 2.58 bits per heavy atom. The standard InChI is InChI=1S/C21H17F3N6O/c1-28-5-3-13-18(25-10-26-20(13)28)21(31)30-6-4-12-16(9-30)27-29(2)19(12)11-7-14(22)17(24)15(23)8-11/h3,5,7-8,10H,4,6,9H2,1-2H3. The molecule has 0 radical (unpaired) electrons. The molecule has 0 unspecified atom stereocenters. The van der Waals surface area contributed by atoms with E-state index in [9.17, 15) is 18.0 Å². The maximum Gasteiger partial charge on any atom is 0.273 e. The van der Waals surface area contributed by atoms with Crippen molar-refractivity contribution in [3.8, 4) is 11.3 Å². The van der Waals surface area contributed by atoms with E-state index < -0.39 is 17.5 Å². The molecular weight excluding hydrogens is 409 g/mol. The fourth-order valence-electron chi connectivity index (χ4n) is 4.14. The van der Waals surface area contributed by atoms with Gasteiger partial charge >= 0.3 is 0 Å². The van der Waals surface area contributed by atoms with Gasteiger partial charge in [-0.3, -0.25) is 9.48 Å². The van der Waals surface area contributed by atoms with Gasteiger partial charge in [-0.15, -0.1) is 0 Å². The largest absolute Gasteiger partial charge is 0.335 e. The molecule has 0 aliphatic carbocycles. The van der Waals surface area contributed by atoms with E-state index in [4.69, 9.17) is 0 Å². The van der Waals surface area contributed by atoms with Crippen LogP contribution in [0.15, 0.2) is 30.7 Å². The van der Waals surface area contributed by atoms with Gasteiger partial charge < -0.3 is 9.47 Å². The van der Waals surface area contributed by atoms with Crippen molar-refractivity contribution in [2.75, 3.05) is 6.54 Å². The molecule has 0 atom stereocenters. The van der Waals surface area contributed by atoms with E-state index in [0.717, 1.165) is 17.7 Å². The lowest BCUT2D eigenvalue weighted by atomic mass is 9.99. The lowest BCUT2D eigenvalue weighted by Gasteiger charge is -2.26. The molecule has 5 rings (SSSR count). The summed E-state index contributed by atoms with van der Waals surface area (Å²) in [5.74, 6) is -4.26. The molecule has 1 aliphatic heterocycles. The van der Waals surface area contributed by atoms with E-state index >= 15 is 0 Å². The van der Waals surface area contributed by atoms with Gasteiger partial charge in [0.2, 0.25) is 0 Å². The minimum Gasteiger partial charge on any atom is -0.335 e. The first kappa shape index (κ1) is 19.3. The lowest BCUT2D eigenvalue weighted by Crippen LogP contribution is -2.36. The van der Waals surface area contributed by atoms with Crippen LogP contribution in [0.2, 0.25) is 0 Å². The van der Waals surface area contributed by atoms with E-state index in [-0.39, 0.29) is 18.0 Å². The maximum absolute atomic E-state index is 13.8. The Labute approximate surface area is 174 Å². The van der Waals surface area contributed by atoms with E-state index in [1.54, 1.807) is 18.0 Å². The molecule has 7 nitrogen and oxygen atoms in total. The number of benzene rings is 1. The summed E-state index contributed by atoms with van der Waals surface area (Å²) >= 11 is 0. The summed E-state index contributed by atoms with van der Waals surface area (Å²) in [5.41, 5.74) is 3.09. The van der Waals surface area contributed by atoms with Crippen LogP contribution < -0.4 is 0 Å². The van der Waals surface area contributed by atoms with E-state index in [1.807, 2.05) is 17.8 Å². The normalized spacial score (nSPS) is 13.6. The molecule has 3 aromatic heterocycles. The fraction of sp³-hybridized carbons (Fsp3) is 0.238. The van der Waals surface area contributed by atoms with Crippen molar-refractivity contribution in [2.45, 2.75) is 13.0 Å². The van der Waals surface area contributed by atoms with Gasteiger partial charge in [0.25, 0.3) is 5.91 Å². The van der Waals surface area contributed by atoms with Crippen molar-refractivity contribution in [3.63, 3.8) is 0 Å². The molecule has 1 amide bonds. The van der Waals surface area contributed by atoms with Crippen LogP contribution in [0.4, 0.5) is 13.2 Å². The zero-order valence-electron chi connectivity index (χ0n) is 16.7. The molecule has 4 heterocycles. The van der Waals surface area contributed by atoms with Crippen LogP contribution >= 0.6 is 0 Å². The number of aromatic nitrogens is 5. The number of aryl methyl sites for hydroxylation is 2. The van der Waals surface area contributed by atoms with Crippen LogP contribution in [0, 0.1) is 17.5 Å². The molecule has 10 heteroatoms. The molecule has 0 N–H and O–H groups in total. The van der Waals surface area contributed by atoms with Crippen molar-refractivity contribution in [1.29, 1.82) is 0 Å². The maximum atomic E-state index is 13.8. The number of amides is 1. The van der Waals surface area contributed by atoms with Crippen LogP contribution in [0.25, 0.3) is 22.3 Å². The quantitative estimate of drug-likeness (QED) is 0.462. The molecule has 0 saturated carbocycles. The van der Waals surface area contributed by atoms with Crippen molar-refractivity contribution >= 4 is 16.9 Å². The minimum atomic E-state index is -1.51. The zero-order valence-corrected chi connectivity index (χ0v) is 16.7. The molecule has 0 fully saturated rings. The summed E-state index contributed by atoms with van der Waals surface area (Å²) in [7, 11) is 3.49. The summed E-state index contributed by atoms with van der Waals surface area (Å²) < 4.78 is 44.2. The number of carbonyl (C=O) groups is 1. The van der Waals surface area contributed by atoms with Gasteiger partial charge in [-0.25, -0.2) is 23.1 Å². The van der Waals surface area contributed by atoms with Gasteiger partial charge in [-0.05, 0) is 24.6 Å². The highest BCUT2D eigenvalue weighted by molar-refractivity contribution is 6.03. The molecule has 1 aliphatic rings. The van der Waals surface area contributed by atoms with Crippen LogP contribution in [-0.4, -0.2) is 41.7 Å². The van der Waals surface area contributed by atoms with Crippen LogP contribution in [0.1, 0.15) is 21.7 Å². The molecule has 0 bridgehead atoms. The molecule has 1 aromatic carbocycles. The number of halogens is 3. The molecule has 158 valence electrons. The summed E-state index contributed by atoms with van der Waals surface area (Å²) in [6, 6.07) is 3.72. The van der Waals surface area contributed by atoms with Crippen LogP contribution in [0.3, 0.4) is 0 Å². The number of hydrogen-bond acceptors (Lipinski definition) is 4. The predicted molar refractivity (Wildman–Crippen MR) is 105 cm³/mol. The first-order valence-corrected chi connectivity index (χ1v) is 9.60. The third-order valence-electron chi connectivity index (χ3n) is 5.61. The number of fused-ring (bicyclic) bond motifs is 2. The number of rotatable bonds is 2. The highest BCUT2D eigenvalue weighted by atomic mass is 19.2. The first-order valence-electron chi connectivity index (χ1n) is 9.60. The molecule has 0 saturated heterocycles. The summed E-state index contributed by atoms with van der Waals surface area (Å²) in [6.45, 7) is 0.613. The molecule has 4 aromatic rings. The second kappa shape index (κ2) is 6.93. The van der Waals surface area contributed by atoms with Gasteiger partial charge in [-0.2, -0.15) is 5.10 Å². The molecular formula is C21H17F3N6O.